The molecule has 1 fully saturated rings. The summed E-state index contributed by atoms with van der Waals surface area (Å²) in [4.78, 5) is 28.9. The van der Waals surface area contributed by atoms with Crippen LogP contribution in [0.3, 0.4) is 0 Å². The van der Waals surface area contributed by atoms with Crippen molar-refractivity contribution in [1.82, 2.24) is 15.1 Å². The molecule has 0 bridgehead atoms. The van der Waals surface area contributed by atoms with Gasteiger partial charge in [-0.25, -0.2) is 0 Å². The number of nitrogens with one attached hydrogen (secondary N) is 1. The summed E-state index contributed by atoms with van der Waals surface area (Å²) < 4.78 is 39.7. The summed E-state index contributed by atoms with van der Waals surface area (Å²) in [5.41, 5.74) is 1.35. The highest BCUT2D eigenvalue weighted by atomic mass is 19.3. The fraction of sp³-hybridized carbons (Fsp3) is 0.417. The third kappa shape index (κ3) is 7.05. The third-order valence-corrected chi connectivity index (χ3v) is 5.41. The van der Waals surface area contributed by atoms with E-state index in [1.165, 1.54) is 30.9 Å². The first-order chi connectivity index (χ1) is 16.4. The molecule has 1 aliphatic rings. The molecule has 1 aliphatic heterocycles. The Bertz CT molecular complexity index is 964. The molecule has 10 heteroatoms. The maximum absolute atomic E-state index is 12.5. The van der Waals surface area contributed by atoms with E-state index in [-0.39, 0.29) is 29.5 Å². The van der Waals surface area contributed by atoms with Crippen molar-refractivity contribution in [1.29, 1.82) is 0 Å². The first kappa shape index (κ1) is 25.2. The Kier molecular flexibility index (Phi) is 9.03. The zero-order valence-electron chi connectivity index (χ0n) is 19.3. The van der Waals surface area contributed by atoms with Crippen LogP contribution in [-0.2, 0) is 11.3 Å². The predicted molar refractivity (Wildman–Crippen MR) is 121 cm³/mol. The molecular formula is C24H29F2N3O5. The van der Waals surface area contributed by atoms with E-state index < -0.39 is 12.5 Å². The zero-order chi connectivity index (χ0) is 24.5. The molecule has 0 atom stereocenters. The lowest BCUT2D eigenvalue weighted by molar-refractivity contribution is -0.131. The summed E-state index contributed by atoms with van der Waals surface area (Å²) in [6.07, 6.45) is 0. The lowest BCUT2D eigenvalue weighted by Crippen LogP contribution is -2.50. The Morgan fingerprint density at radius 1 is 1.03 bits per heavy atom. The van der Waals surface area contributed by atoms with Crippen LogP contribution in [0.2, 0.25) is 0 Å². The minimum absolute atomic E-state index is 0.00271. The van der Waals surface area contributed by atoms with E-state index in [1.807, 2.05) is 31.2 Å². The summed E-state index contributed by atoms with van der Waals surface area (Å²) in [5, 5.41) is 2.57. The average Bonchev–Trinajstić information content (AvgIpc) is 2.84. The number of piperazine rings is 1. The molecule has 0 radical (unpaired) electrons. The number of nitrogens with zero attached hydrogens (tertiary/aromatic N) is 2. The molecule has 1 N–H and O–H groups in total. The van der Waals surface area contributed by atoms with Gasteiger partial charge in [0.1, 0.15) is 5.75 Å². The van der Waals surface area contributed by atoms with Crippen molar-refractivity contribution in [3.8, 4) is 17.2 Å². The fourth-order valence-electron chi connectivity index (χ4n) is 3.64. The number of carbonyl (C=O) groups excluding carboxylic acids is 2. The van der Waals surface area contributed by atoms with Gasteiger partial charge in [0.25, 0.3) is 5.91 Å². The van der Waals surface area contributed by atoms with Crippen molar-refractivity contribution in [2.75, 3.05) is 46.4 Å². The molecule has 1 saturated heterocycles. The highest BCUT2D eigenvalue weighted by molar-refractivity contribution is 5.97. The Morgan fingerprint density at radius 3 is 2.35 bits per heavy atom. The van der Waals surface area contributed by atoms with E-state index in [0.717, 1.165) is 25.4 Å². The molecule has 2 aromatic rings. The normalized spacial score (nSPS) is 14.1. The third-order valence-electron chi connectivity index (χ3n) is 5.41. The van der Waals surface area contributed by atoms with Gasteiger partial charge in [0, 0.05) is 38.3 Å². The molecule has 0 aliphatic carbocycles. The van der Waals surface area contributed by atoms with Crippen LogP contribution in [0.15, 0.2) is 42.5 Å². The van der Waals surface area contributed by atoms with Gasteiger partial charge in [-0.15, -0.1) is 0 Å². The minimum atomic E-state index is -3.01. The van der Waals surface area contributed by atoms with Gasteiger partial charge < -0.3 is 24.4 Å². The minimum Gasteiger partial charge on any atom is -0.494 e. The molecule has 8 nitrogen and oxygen atoms in total. The SMILES string of the molecule is CCOc1ccc(CN2CCN(C(=O)CNC(=O)c3ccc(OC(F)F)c(OC)c3)CC2)cc1. The van der Waals surface area contributed by atoms with Crippen molar-refractivity contribution in [2.45, 2.75) is 20.1 Å². The first-order valence-electron chi connectivity index (χ1n) is 11.0. The first-order valence-corrected chi connectivity index (χ1v) is 11.0. The molecule has 1 heterocycles. The van der Waals surface area contributed by atoms with Gasteiger partial charge in [-0.2, -0.15) is 8.78 Å². The van der Waals surface area contributed by atoms with E-state index >= 15 is 0 Å². The number of amides is 2. The van der Waals surface area contributed by atoms with Crippen molar-refractivity contribution in [3.63, 3.8) is 0 Å². The molecule has 0 saturated carbocycles. The monoisotopic (exact) mass is 477 g/mol. The van der Waals surface area contributed by atoms with E-state index in [4.69, 9.17) is 9.47 Å². The van der Waals surface area contributed by atoms with Gasteiger partial charge >= 0.3 is 6.61 Å². The number of alkyl halides is 2. The Morgan fingerprint density at radius 2 is 1.74 bits per heavy atom. The molecule has 2 aromatic carbocycles. The van der Waals surface area contributed by atoms with Gasteiger partial charge in [0.05, 0.1) is 20.3 Å². The molecule has 0 spiro atoms. The second-order valence-corrected chi connectivity index (χ2v) is 7.66. The van der Waals surface area contributed by atoms with Crippen LogP contribution >= 0.6 is 0 Å². The molecule has 2 amide bonds. The van der Waals surface area contributed by atoms with Gasteiger partial charge in [0.15, 0.2) is 11.5 Å². The number of ether oxygens (including phenoxy) is 3. The highest BCUT2D eigenvalue weighted by Gasteiger charge is 2.22. The molecular weight excluding hydrogens is 448 g/mol. The predicted octanol–water partition coefficient (Wildman–Crippen LogP) is 2.77. The number of methoxy groups -OCH3 is 1. The molecule has 3 rings (SSSR count). The molecule has 0 unspecified atom stereocenters. The van der Waals surface area contributed by atoms with Crippen LogP contribution in [0, 0.1) is 0 Å². The topological polar surface area (TPSA) is 80.3 Å². The second kappa shape index (κ2) is 12.2. The summed E-state index contributed by atoms with van der Waals surface area (Å²) in [6.45, 7) is 2.81. The maximum Gasteiger partial charge on any atom is 0.387 e. The van der Waals surface area contributed by atoms with Gasteiger partial charge in [-0.3, -0.25) is 14.5 Å². The fourth-order valence-corrected chi connectivity index (χ4v) is 3.64. The van der Waals surface area contributed by atoms with Crippen LogP contribution in [0.25, 0.3) is 0 Å². The van der Waals surface area contributed by atoms with Gasteiger partial charge in [-0.05, 0) is 42.8 Å². The molecule has 184 valence electrons. The van der Waals surface area contributed by atoms with Crippen LogP contribution in [0.5, 0.6) is 17.2 Å². The standard InChI is InChI=1S/C24H29F2N3O5/c1-3-33-19-7-4-17(5-8-19)16-28-10-12-29(13-11-28)22(30)15-27-23(31)18-6-9-20(34-24(25)26)21(14-18)32-2/h4-9,14,24H,3,10-13,15-16H2,1-2H3,(H,27,31). The van der Waals surface area contributed by atoms with Crippen LogP contribution in [0.1, 0.15) is 22.8 Å². The zero-order valence-corrected chi connectivity index (χ0v) is 19.3. The molecule has 0 aromatic heterocycles. The van der Waals surface area contributed by atoms with E-state index in [1.54, 1.807) is 4.90 Å². The lowest BCUT2D eigenvalue weighted by Gasteiger charge is -2.34. The Hall–Kier alpha value is -3.40. The average molecular weight is 478 g/mol. The number of carbonyl (C=O) groups is 2. The smallest absolute Gasteiger partial charge is 0.387 e. The van der Waals surface area contributed by atoms with Crippen LogP contribution in [0.4, 0.5) is 8.78 Å². The van der Waals surface area contributed by atoms with E-state index in [0.29, 0.717) is 19.7 Å². The van der Waals surface area contributed by atoms with Crippen molar-refractivity contribution in [3.05, 3.63) is 53.6 Å². The number of hydrogen-bond donors (Lipinski definition) is 1. The maximum atomic E-state index is 12.5. The summed E-state index contributed by atoms with van der Waals surface area (Å²) >= 11 is 0. The van der Waals surface area contributed by atoms with E-state index in [2.05, 4.69) is 15.0 Å². The van der Waals surface area contributed by atoms with Crippen molar-refractivity contribution < 1.29 is 32.6 Å². The van der Waals surface area contributed by atoms with Gasteiger partial charge in [-0.1, -0.05) is 12.1 Å². The van der Waals surface area contributed by atoms with Crippen LogP contribution < -0.4 is 19.5 Å². The Labute approximate surface area is 197 Å². The quantitative estimate of drug-likeness (QED) is 0.567. The largest absolute Gasteiger partial charge is 0.494 e. The van der Waals surface area contributed by atoms with E-state index in [9.17, 15) is 18.4 Å². The Balaban J connectivity index is 1.44. The number of halogens is 2. The van der Waals surface area contributed by atoms with Crippen molar-refractivity contribution >= 4 is 11.8 Å². The van der Waals surface area contributed by atoms with Gasteiger partial charge in [0.2, 0.25) is 5.91 Å². The van der Waals surface area contributed by atoms with Crippen molar-refractivity contribution in [2.24, 2.45) is 0 Å². The lowest BCUT2D eigenvalue weighted by atomic mass is 10.2. The summed E-state index contributed by atoms with van der Waals surface area (Å²) in [5.74, 6) is -0.0150. The number of benzene rings is 2. The molecule has 34 heavy (non-hydrogen) atoms. The summed E-state index contributed by atoms with van der Waals surface area (Å²) in [7, 11) is 1.29. The number of rotatable bonds is 10. The number of hydrogen-bond acceptors (Lipinski definition) is 6. The van der Waals surface area contributed by atoms with Crippen LogP contribution in [-0.4, -0.2) is 74.7 Å². The summed E-state index contributed by atoms with van der Waals surface area (Å²) in [6, 6.07) is 11.8. The highest BCUT2D eigenvalue weighted by Crippen LogP contribution is 2.29. The second-order valence-electron chi connectivity index (χ2n) is 7.66.